The van der Waals surface area contributed by atoms with Crippen molar-refractivity contribution in [3.8, 4) is 0 Å². The van der Waals surface area contributed by atoms with Gasteiger partial charge in [-0.3, -0.25) is 4.79 Å². The van der Waals surface area contributed by atoms with Crippen LogP contribution in [-0.2, 0) is 4.79 Å². The van der Waals surface area contributed by atoms with Crippen molar-refractivity contribution in [2.75, 3.05) is 20.1 Å². The van der Waals surface area contributed by atoms with Crippen molar-refractivity contribution in [1.82, 2.24) is 10.6 Å². The van der Waals surface area contributed by atoms with E-state index < -0.39 is 12.5 Å². The van der Waals surface area contributed by atoms with E-state index in [1.807, 2.05) is 7.05 Å². The zero-order valence-corrected chi connectivity index (χ0v) is 10.2. The van der Waals surface area contributed by atoms with Gasteiger partial charge in [-0.2, -0.15) is 13.2 Å². The molecule has 0 rings (SSSR count). The van der Waals surface area contributed by atoms with Gasteiger partial charge in [-0.15, -0.1) is 0 Å². The minimum atomic E-state index is -4.64. The first-order valence-electron chi connectivity index (χ1n) is 5.05. The van der Waals surface area contributed by atoms with E-state index in [1.165, 1.54) is 6.42 Å². The molecule has 0 spiro atoms. The summed E-state index contributed by atoms with van der Waals surface area (Å²) in [4.78, 5) is 8.70. The molecule has 0 atom stereocenters. The number of hydrogen-bond donors (Lipinski definition) is 2. The van der Waals surface area contributed by atoms with E-state index in [4.69, 9.17) is 4.79 Å². The summed E-state index contributed by atoms with van der Waals surface area (Å²) >= 11 is 0. The molecule has 0 aromatic heterocycles. The standard InChI is InChI=1S/C8H20N2.C2HF3O/c1-8(2,3)10-7-5-6-9-4;3-2(4,5)1-6/h9-10H,5-7H2,1-4H3;1H. The SMILES string of the molecule is CNCCCNC(C)(C)C.O=CC(F)(F)F. The molecule has 0 aliphatic rings. The molecule has 0 aromatic rings. The summed E-state index contributed by atoms with van der Waals surface area (Å²) in [5, 5.41) is 6.53. The van der Waals surface area contributed by atoms with Crippen molar-refractivity contribution >= 4 is 6.29 Å². The molecule has 0 aliphatic heterocycles. The third-order valence-corrected chi connectivity index (χ3v) is 1.39. The highest BCUT2D eigenvalue weighted by Crippen LogP contribution is 2.08. The maximum Gasteiger partial charge on any atom is 0.446 e. The first-order valence-corrected chi connectivity index (χ1v) is 5.05. The smallest absolute Gasteiger partial charge is 0.320 e. The lowest BCUT2D eigenvalue weighted by Gasteiger charge is -2.20. The predicted octanol–water partition coefficient (Wildman–Crippen LogP) is 1.73. The lowest BCUT2D eigenvalue weighted by molar-refractivity contribution is -0.156. The highest BCUT2D eigenvalue weighted by molar-refractivity contribution is 5.56. The predicted molar refractivity (Wildman–Crippen MR) is 58.4 cm³/mol. The number of halogens is 3. The van der Waals surface area contributed by atoms with Crippen LogP contribution in [-0.4, -0.2) is 38.1 Å². The van der Waals surface area contributed by atoms with Crippen LogP contribution in [0.4, 0.5) is 13.2 Å². The zero-order valence-electron chi connectivity index (χ0n) is 10.2. The van der Waals surface area contributed by atoms with Crippen molar-refractivity contribution < 1.29 is 18.0 Å². The molecule has 3 nitrogen and oxygen atoms in total. The molecule has 0 radical (unpaired) electrons. The van der Waals surface area contributed by atoms with Crippen LogP contribution < -0.4 is 10.6 Å². The van der Waals surface area contributed by atoms with Crippen LogP contribution in [0.15, 0.2) is 0 Å². The minimum absolute atomic E-state index is 0.272. The molecular weight excluding hydrogens is 221 g/mol. The summed E-state index contributed by atoms with van der Waals surface area (Å²) in [6.07, 6.45) is -4.50. The van der Waals surface area contributed by atoms with Crippen LogP contribution >= 0.6 is 0 Å². The van der Waals surface area contributed by atoms with Crippen molar-refractivity contribution in [2.45, 2.75) is 38.9 Å². The van der Waals surface area contributed by atoms with Gasteiger partial charge in [0.2, 0.25) is 6.29 Å². The van der Waals surface area contributed by atoms with Crippen LogP contribution in [0.1, 0.15) is 27.2 Å². The molecule has 0 fully saturated rings. The highest BCUT2D eigenvalue weighted by Gasteiger charge is 2.24. The number of rotatable bonds is 4. The van der Waals surface area contributed by atoms with Gasteiger partial charge in [-0.25, -0.2) is 0 Å². The van der Waals surface area contributed by atoms with Crippen molar-refractivity contribution in [3.63, 3.8) is 0 Å². The summed E-state index contributed by atoms with van der Waals surface area (Å²) in [5.74, 6) is 0. The van der Waals surface area contributed by atoms with E-state index in [0.717, 1.165) is 13.1 Å². The van der Waals surface area contributed by atoms with Crippen molar-refractivity contribution in [3.05, 3.63) is 0 Å². The number of carbonyl (C=O) groups is 1. The summed E-state index contributed by atoms with van der Waals surface area (Å²) in [6.45, 7) is 8.76. The molecule has 16 heavy (non-hydrogen) atoms. The zero-order chi connectivity index (χ0) is 13.2. The molecule has 0 heterocycles. The Kier molecular flexibility index (Phi) is 9.46. The number of hydrogen-bond acceptors (Lipinski definition) is 3. The largest absolute Gasteiger partial charge is 0.446 e. The second kappa shape index (κ2) is 8.52. The lowest BCUT2D eigenvalue weighted by atomic mass is 10.1. The third-order valence-electron chi connectivity index (χ3n) is 1.39. The summed E-state index contributed by atoms with van der Waals surface area (Å²) in [5.41, 5.74) is 0.272. The van der Waals surface area contributed by atoms with Gasteiger partial charge in [0.05, 0.1) is 0 Å². The number of alkyl halides is 3. The van der Waals surface area contributed by atoms with Crippen molar-refractivity contribution in [2.24, 2.45) is 0 Å². The molecule has 0 saturated carbocycles. The second-order valence-corrected chi connectivity index (χ2v) is 4.29. The number of carbonyl (C=O) groups excluding carboxylic acids is 1. The van der Waals surface area contributed by atoms with Gasteiger partial charge in [0.25, 0.3) is 0 Å². The molecule has 0 aliphatic carbocycles. The van der Waals surface area contributed by atoms with Gasteiger partial charge < -0.3 is 10.6 Å². The van der Waals surface area contributed by atoms with Gasteiger partial charge in [-0.1, -0.05) is 0 Å². The summed E-state index contributed by atoms with van der Waals surface area (Å²) in [6, 6.07) is 0. The van der Waals surface area contributed by atoms with Crippen LogP contribution in [0.5, 0.6) is 0 Å². The van der Waals surface area contributed by atoms with Crippen molar-refractivity contribution in [1.29, 1.82) is 0 Å². The van der Waals surface area contributed by atoms with Gasteiger partial charge >= 0.3 is 6.18 Å². The fourth-order valence-corrected chi connectivity index (χ4v) is 0.729. The van der Waals surface area contributed by atoms with Crippen LogP contribution in [0.3, 0.4) is 0 Å². The highest BCUT2D eigenvalue weighted by atomic mass is 19.4. The average molecular weight is 242 g/mol. The number of nitrogens with one attached hydrogen (secondary N) is 2. The average Bonchev–Trinajstić information content (AvgIpc) is 2.11. The summed E-state index contributed by atoms with van der Waals surface area (Å²) in [7, 11) is 1.98. The van der Waals surface area contributed by atoms with E-state index >= 15 is 0 Å². The Hall–Kier alpha value is -0.620. The molecule has 2 N–H and O–H groups in total. The number of aldehydes is 1. The summed E-state index contributed by atoms with van der Waals surface area (Å²) < 4.78 is 31.2. The van der Waals surface area contributed by atoms with Gasteiger partial charge in [0.1, 0.15) is 0 Å². The molecule has 0 unspecified atom stereocenters. The molecule has 6 heteroatoms. The van der Waals surface area contributed by atoms with Crippen LogP contribution in [0.25, 0.3) is 0 Å². The Morgan fingerprint density at radius 3 is 1.81 bits per heavy atom. The second-order valence-electron chi connectivity index (χ2n) is 4.29. The minimum Gasteiger partial charge on any atom is -0.320 e. The quantitative estimate of drug-likeness (QED) is 0.582. The lowest BCUT2D eigenvalue weighted by Crippen LogP contribution is -2.37. The molecule has 98 valence electrons. The Morgan fingerprint density at radius 1 is 1.12 bits per heavy atom. The van der Waals surface area contributed by atoms with Crippen LogP contribution in [0, 0.1) is 0 Å². The van der Waals surface area contributed by atoms with Gasteiger partial charge in [0, 0.05) is 5.54 Å². The van der Waals surface area contributed by atoms with Gasteiger partial charge in [0.15, 0.2) is 0 Å². The maximum atomic E-state index is 10.4. The Morgan fingerprint density at radius 2 is 1.56 bits per heavy atom. The first kappa shape index (κ1) is 17.8. The fourth-order valence-electron chi connectivity index (χ4n) is 0.729. The molecule has 0 aromatic carbocycles. The van der Waals surface area contributed by atoms with E-state index in [2.05, 4.69) is 31.4 Å². The first-order chi connectivity index (χ1) is 7.12. The monoisotopic (exact) mass is 242 g/mol. The Labute approximate surface area is 94.8 Å². The van der Waals surface area contributed by atoms with E-state index in [1.54, 1.807) is 0 Å². The van der Waals surface area contributed by atoms with E-state index in [-0.39, 0.29) is 5.54 Å². The van der Waals surface area contributed by atoms with E-state index in [0.29, 0.717) is 0 Å². The van der Waals surface area contributed by atoms with E-state index in [9.17, 15) is 13.2 Å². The molecule has 0 bridgehead atoms. The van der Waals surface area contributed by atoms with Gasteiger partial charge in [-0.05, 0) is 47.3 Å². The maximum absolute atomic E-state index is 10.4. The Bertz CT molecular complexity index is 176. The molecular formula is C10H21F3N2O. The Balaban J connectivity index is 0. The van der Waals surface area contributed by atoms with Crippen LogP contribution in [0.2, 0.25) is 0 Å². The topological polar surface area (TPSA) is 41.1 Å². The molecule has 0 saturated heterocycles. The fraction of sp³-hybridized carbons (Fsp3) is 0.900. The normalized spacial score (nSPS) is 11.7. The third kappa shape index (κ3) is 23.3. The molecule has 0 amide bonds.